The normalized spacial score (nSPS) is 16.8. The Morgan fingerprint density at radius 2 is 1.03 bits per heavy atom. The van der Waals surface area contributed by atoms with E-state index in [1.165, 1.54) is 27.1 Å². The monoisotopic (exact) mass is 465 g/mol. The number of benzene rings is 5. The maximum absolute atomic E-state index is 13.8. The molecule has 1 fully saturated rings. The van der Waals surface area contributed by atoms with E-state index in [0.717, 1.165) is 28.8 Å². The molecule has 1 aliphatic heterocycles. The summed E-state index contributed by atoms with van der Waals surface area (Å²) in [5.74, 6) is 0.139. The van der Waals surface area contributed by atoms with Crippen molar-refractivity contribution in [2.45, 2.75) is 6.54 Å². The Hall–Kier alpha value is -4.27. The summed E-state index contributed by atoms with van der Waals surface area (Å²) in [6.45, 7) is 2.06. The van der Waals surface area contributed by atoms with Crippen LogP contribution in [0.25, 0.3) is 33.7 Å². The van der Waals surface area contributed by atoms with Gasteiger partial charge in [0.15, 0.2) is 5.78 Å². The number of rotatable bonds is 4. The summed E-state index contributed by atoms with van der Waals surface area (Å²) in [6, 6.07) is 39.8. The van der Waals surface area contributed by atoms with Gasteiger partial charge < -0.3 is 0 Å². The van der Waals surface area contributed by atoms with Crippen molar-refractivity contribution in [2.75, 3.05) is 13.1 Å². The van der Waals surface area contributed by atoms with Crippen LogP contribution in [0.4, 0.5) is 0 Å². The third kappa shape index (κ3) is 4.51. The van der Waals surface area contributed by atoms with Crippen molar-refractivity contribution in [1.29, 1.82) is 0 Å². The first-order valence-corrected chi connectivity index (χ1v) is 12.4. The fraction of sp³-hybridized carbons (Fsp3) is 0.0882. The molecule has 2 heteroatoms. The third-order valence-corrected chi connectivity index (χ3v) is 6.93. The predicted octanol–water partition coefficient (Wildman–Crippen LogP) is 7.54. The molecule has 0 N–H and O–H groups in total. The van der Waals surface area contributed by atoms with E-state index >= 15 is 0 Å². The molecule has 0 bridgehead atoms. The highest BCUT2D eigenvalue weighted by molar-refractivity contribution is 6.16. The molecule has 0 spiro atoms. The van der Waals surface area contributed by atoms with Crippen molar-refractivity contribution in [2.24, 2.45) is 0 Å². The number of piperidine rings is 1. The Morgan fingerprint density at radius 1 is 0.556 bits per heavy atom. The van der Waals surface area contributed by atoms with Gasteiger partial charge in [0.2, 0.25) is 0 Å². The van der Waals surface area contributed by atoms with Gasteiger partial charge in [-0.3, -0.25) is 9.69 Å². The van der Waals surface area contributed by atoms with E-state index in [9.17, 15) is 4.79 Å². The largest absolute Gasteiger partial charge is 0.290 e. The lowest BCUT2D eigenvalue weighted by Gasteiger charge is -2.30. The van der Waals surface area contributed by atoms with Gasteiger partial charge in [-0.25, -0.2) is 0 Å². The van der Waals surface area contributed by atoms with Crippen molar-refractivity contribution >= 4 is 39.5 Å². The fourth-order valence-electron chi connectivity index (χ4n) is 5.19. The van der Waals surface area contributed by atoms with Crippen LogP contribution in [0.2, 0.25) is 0 Å². The number of likely N-dealkylation sites (tertiary alicyclic amines) is 1. The Balaban J connectivity index is 1.44. The fourth-order valence-corrected chi connectivity index (χ4v) is 5.19. The average molecular weight is 466 g/mol. The maximum Gasteiger partial charge on any atom is 0.187 e. The lowest BCUT2D eigenvalue weighted by molar-refractivity contribution is -0.113. The van der Waals surface area contributed by atoms with Crippen LogP contribution >= 0.6 is 0 Å². The molecule has 5 aromatic carbocycles. The molecule has 0 saturated carbocycles. The highest BCUT2D eigenvalue weighted by Crippen LogP contribution is 2.28. The molecule has 174 valence electrons. The summed E-state index contributed by atoms with van der Waals surface area (Å²) in [7, 11) is 0. The molecule has 0 aliphatic carbocycles. The molecule has 1 heterocycles. The molecular weight excluding hydrogens is 438 g/mol. The second-order valence-electron chi connectivity index (χ2n) is 9.44. The van der Waals surface area contributed by atoms with E-state index in [-0.39, 0.29) is 5.78 Å². The number of carbonyl (C=O) groups is 1. The average Bonchev–Trinajstić information content (AvgIpc) is 2.92. The second-order valence-corrected chi connectivity index (χ2v) is 9.44. The number of Topliss-reactive ketones (excluding diaryl/α,β-unsaturated/α-hetero) is 1. The first-order chi connectivity index (χ1) is 17.7. The molecule has 5 aromatic rings. The number of hydrogen-bond donors (Lipinski definition) is 0. The molecule has 0 radical (unpaired) electrons. The zero-order chi connectivity index (χ0) is 24.3. The van der Waals surface area contributed by atoms with Crippen molar-refractivity contribution in [3.8, 4) is 0 Å². The van der Waals surface area contributed by atoms with Gasteiger partial charge in [-0.2, -0.15) is 0 Å². The van der Waals surface area contributed by atoms with E-state index in [0.29, 0.717) is 13.1 Å². The zero-order valence-electron chi connectivity index (χ0n) is 20.1. The number of nitrogens with zero attached hydrogens (tertiary/aromatic N) is 1. The molecule has 0 atom stereocenters. The zero-order valence-corrected chi connectivity index (χ0v) is 20.1. The van der Waals surface area contributed by atoms with Crippen LogP contribution in [0.5, 0.6) is 0 Å². The van der Waals surface area contributed by atoms with Crippen LogP contribution < -0.4 is 0 Å². The molecule has 0 aromatic heterocycles. The van der Waals surface area contributed by atoms with Crippen LogP contribution in [0.1, 0.15) is 16.7 Å². The van der Waals surface area contributed by atoms with Crippen molar-refractivity contribution in [1.82, 2.24) is 4.90 Å². The van der Waals surface area contributed by atoms with E-state index in [1.54, 1.807) is 0 Å². The number of carbonyl (C=O) groups excluding carboxylic acids is 1. The predicted molar refractivity (Wildman–Crippen MR) is 151 cm³/mol. The minimum absolute atomic E-state index is 0.139. The first kappa shape index (κ1) is 22.2. The van der Waals surface area contributed by atoms with Gasteiger partial charge in [0.1, 0.15) is 0 Å². The van der Waals surface area contributed by atoms with Gasteiger partial charge in [0, 0.05) is 30.8 Å². The highest BCUT2D eigenvalue weighted by atomic mass is 16.1. The van der Waals surface area contributed by atoms with Crippen LogP contribution in [-0.4, -0.2) is 23.8 Å². The van der Waals surface area contributed by atoms with Gasteiger partial charge in [-0.05, 0) is 50.4 Å². The summed E-state index contributed by atoms with van der Waals surface area (Å²) >= 11 is 0. The van der Waals surface area contributed by atoms with Gasteiger partial charge in [-0.15, -0.1) is 0 Å². The number of ketones is 1. The number of hydrogen-bond acceptors (Lipinski definition) is 2. The van der Waals surface area contributed by atoms with E-state index in [1.807, 2.05) is 6.07 Å². The quantitative estimate of drug-likeness (QED) is 0.256. The van der Waals surface area contributed by atoms with Crippen LogP contribution in [0.15, 0.2) is 126 Å². The molecule has 0 unspecified atom stereocenters. The van der Waals surface area contributed by atoms with Gasteiger partial charge in [0.25, 0.3) is 0 Å². The summed E-state index contributed by atoms with van der Waals surface area (Å²) in [4.78, 5) is 16.2. The van der Waals surface area contributed by atoms with Gasteiger partial charge in [0.05, 0.1) is 0 Å². The molecule has 2 nitrogen and oxygen atoms in total. The van der Waals surface area contributed by atoms with E-state index in [2.05, 4.69) is 126 Å². The SMILES string of the molecule is O=C1/C(=C\c2cccc3ccccc23)CN(Cc2ccccc2)C/C1=C/c1cccc2ccccc12. The van der Waals surface area contributed by atoms with E-state index < -0.39 is 0 Å². The molecule has 0 amide bonds. The Labute approximate surface area is 211 Å². The van der Waals surface area contributed by atoms with Crippen molar-refractivity contribution < 1.29 is 4.79 Å². The minimum Gasteiger partial charge on any atom is -0.290 e. The topological polar surface area (TPSA) is 20.3 Å². The summed E-state index contributed by atoms with van der Waals surface area (Å²) in [5, 5.41) is 4.70. The van der Waals surface area contributed by atoms with Gasteiger partial charge >= 0.3 is 0 Å². The van der Waals surface area contributed by atoms with Crippen molar-refractivity contribution in [3.63, 3.8) is 0 Å². The maximum atomic E-state index is 13.8. The summed E-state index contributed by atoms with van der Waals surface area (Å²) in [5.41, 5.74) is 5.09. The lowest BCUT2D eigenvalue weighted by atomic mass is 9.92. The molecule has 1 saturated heterocycles. The molecule has 36 heavy (non-hydrogen) atoms. The Morgan fingerprint density at radius 3 is 1.58 bits per heavy atom. The molecule has 1 aliphatic rings. The van der Waals surface area contributed by atoms with Gasteiger partial charge in [-0.1, -0.05) is 115 Å². The van der Waals surface area contributed by atoms with Crippen LogP contribution in [-0.2, 0) is 11.3 Å². The second kappa shape index (κ2) is 9.77. The molecular formula is C34H27NO. The Bertz CT molecular complexity index is 1520. The summed E-state index contributed by atoms with van der Waals surface area (Å²) < 4.78 is 0. The van der Waals surface area contributed by atoms with E-state index in [4.69, 9.17) is 0 Å². The molecule has 6 rings (SSSR count). The Kier molecular flexibility index (Phi) is 6.03. The third-order valence-electron chi connectivity index (χ3n) is 6.93. The number of fused-ring (bicyclic) bond motifs is 2. The van der Waals surface area contributed by atoms with Crippen LogP contribution in [0.3, 0.4) is 0 Å². The lowest BCUT2D eigenvalue weighted by Crippen LogP contribution is -2.37. The smallest absolute Gasteiger partial charge is 0.187 e. The minimum atomic E-state index is 0.139. The van der Waals surface area contributed by atoms with Crippen molar-refractivity contribution in [3.05, 3.63) is 143 Å². The first-order valence-electron chi connectivity index (χ1n) is 12.4. The van der Waals surface area contributed by atoms with Crippen LogP contribution in [0, 0.1) is 0 Å². The standard InChI is InChI=1S/C34H27NO/c36-34-30(20-28-16-8-14-26-12-4-6-18-32(26)28)23-35(22-25-10-2-1-3-11-25)24-31(34)21-29-17-9-15-27-13-5-7-19-33(27)29/h1-21H,22-24H2/b30-20-,31-21-. The summed E-state index contributed by atoms with van der Waals surface area (Å²) in [6.07, 6.45) is 4.19. The highest BCUT2D eigenvalue weighted by Gasteiger charge is 2.26.